The Hall–Kier alpha value is -1.71. The first-order chi connectivity index (χ1) is 8.54. The molecule has 0 aromatic heterocycles. The molecule has 1 rings (SSSR count). The van der Waals surface area contributed by atoms with Gasteiger partial charge in [-0.2, -0.15) is 0 Å². The summed E-state index contributed by atoms with van der Waals surface area (Å²) in [5, 5.41) is 21.5. The van der Waals surface area contributed by atoms with Crippen molar-refractivity contribution in [1.29, 1.82) is 0 Å². The van der Waals surface area contributed by atoms with Gasteiger partial charge in [-0.1, -0.05) is 26.3 Å². The summed E-state index contributed by atoms with van der Waals surface area (Å²) >= 11 is 0. The van der Waals surface area contributed by atoms with Crippen molar-refractivity contribution < 1.29 is 15.0 Å². The largest absolute Gasteiger partial charge is 0.504 e. The number of rotatable bonds is 6. The number of nitrogens with one attached hydrogen (secondary N) is 1. The Morgan fingerprint density at radius 3 is 2.67 bits per heavy atom. The third-order valence-electron chi connectivity index (χ3n) is 2.91. The van der Waals surface area contributed by atoms with Gasteiger partial charge in [-0.3, -0.25) is 4.79 Å². The molecule has 100 valence electrons. The highest BCUT2D eigenvalue weighted by Gasteiger charge is 2.12. The number of phenols is 2. The van der Waals surface area contributed by atoms with Crippen LogP contribution in [0.1, 0.15) is 44.6 Å². The van der Waals surface area contributed by atoms with E-state index in [-0.39, 0.29) is 23.3 Å². The van der Waals surface area contributed by atoms with E-state index in [2.05, 4.69) is 12.2 Å². The van der Waals surface area contributed by atoms with E-state index in [0.717, 1.165) is 18.4 Å². The van der Waals surface area contributed by atoms with Gasteiger partial charge < -0.3 is 15.5 Å². The van der Waals surface area contributed by atoms with Gasteiger partial charge in [-0.25, -0.2) is 0 Å². The highest BCUT2D eigenvalue weighted by molar-refractivity contribution is 5.76. The van der Waals surface area contributed by atoms with Crippen LogP contribution in [0.3, 0.4) is 0 Å². The van der Waals surface area contributed by atoms with Gasteiger partial charge in [0.05, 0.1) is 0 Å². The average molecular weight is 251 g/mol. The van der Waals surface area contributed by atoms with E-state index in [0.29, 0.717) is 13.0 Å². The quantitative estimate of drug-likeness (QED) is 0.537. The van der Waals surface area contributed by atoms with Crippen LogP contribution in [0, 0.1) is 0 Å². The Morgan fingerprint density at radius 2 is 2.06 bits per heavy atom. The van der Waals surface area contributed by atoms with Gasteiger partial charge in [0.2, 0.25) is 5.91 Å². The van der Waals surface area contributed by atoms with Crippen LogP contribution in [-0.2, 0) is 4.79 Å². The molecule has 4 nitrogen and oxygen atoms in total. The summed E-state index contributed by atoms with van der Waals surface area (Å²) in [6, 6.07) is 4.66. The predicted molar refractivity (Wildman–Crippen MR) is 70.7 cm³/mol. The number of carbonyl (C=O) groups excluding carboxylic acids is 1. The molecule has 0 fully saturated rings. The van der Waals surface area contributed by atoms with E-state index < -0.39 is 0 Å². The van der Waals surface area contributed by atoms with Crippen molar-refractivity contribution in [3.8, 4) is 11.5 Å². The van der Waals surface area contributed by atoms with E-state index in [9.17, 15) is 15.0 Å². The van der Waals surface area contributed by atoms with Crippen LogP contribution in [0.4, 0.5) is 0 Å². The molecule has 1 atom stereocenters. The molecule has 0 bridgehead atoms. The summed E-state index contributed by atoms with van der Waals surface area (Å²) in [5.74, 6) is -0.259. The molecule has 0 aliphatic heterocycles. The number of aromatic hydroxyl groups is 2. The molecular formula is C14H21NO3. The lowest BCUT2D eigenvalue weighted by Crippen LogP contribution is -2.25. The fraction of sp³-hybridized carbons (Fsp3) is 0.500. The van der Waals surface area contributed by atoms with Gasteiger partial charge in [0.1, 0.15) is 0 Å². The minimum atomic E-state index is -0.147. The molecule has 0 saturated heterocycles. The van der Waals surface area contributed by atoms with Crippen molar-refractivity contribution in [2.75, 3.05) is 6.54 Å². The molecule has 1 amide bonds. The lowest BCUT2D eigenvalue weighted by atomic mass is 9.97. The molecule has 0 aliphatic carbocycles. The van der Waals surface area contributed by atoms with Crippen LogP contribution in [0.2, 0.25) is 0 Å². The van der Waals surface area contributed by atoms with Crippen molar-refractivity contribution in [3.05, 3.63) is 23.8 Å². The topological polar surface area (TPSA) is 69.6 Å². The van der Waals surface area contributed by atoms with Crippen LogP contribution in [0.15, 0.2) is 18.2 Å². The molecule has 3 N–H and O–H groups in total. The number of carbonyl (C=O) groups is 1. The zero-order valence-electron chi connectivity index (χ0n) is 10.9. The molecule has 1 aromatic carbocycles. The molecule has 0 spiro atoms. The fourth-order valence-corrected chi connectivity index (χ4v) is 1.72. The summed E-state index contributed by atoms with van der Waals surface area (Å²) in [4.78, 5) is 11.6. The van der Waals surface area contributed by atoms with E-state index in [4.69, 9.17) is 0 Å². The van der Waals surface area contributed by atoms with Gasteiger partial charge in [0.25, 0.3) is 0 Å². The van der Waals surface area contributed by atoms with Gasteiger partial charge in [-0.05, 0) is 30.0 Å². The molecule has 0 saturated carbocycles. The van der Waals surface area contributed by atoms with Gasteiger partial charge >= 0.3 is 0 Å². The molecule has 0 heterocycles. The number of hydrogen-bond donors (Lipinski definition) is 3. The maximum Gasteiger partial charge on any atom is 0.220 e. The summed E-state index contributed by atoms with van der Waals surface area (Å²) < 4.78 is 0. The van der Waals surface area contributed by atoms with Crippen molar-refractivity contribution in [1.82, 2.24) is 5.32 Å². The van der Waals surface area contributed by atoms with Gasteiger partial charge in [0.15, 0.2) is 11.5 Å². The van der Waals surface area contributed by atoms with Crippen LogP contribution in [0.25, 0.3) is 0 Å². The second-order valence-corrected chi connectivity index (χ2v) is 4.56. The smallest absolute Gasteiger partial charge is 0.220 e. The Kier molecular flexibility index (Phi) is 5.49. The number of benzene rings is 1. The molecule has 4 heteroatoms. The Balaban J connectivity index is 2.51. The Labute approximate surface area is 108 Å². The summed E-state index contributed by atoms with van der Waals surface area (Å²) in [7, 11) is 0. The third-order valence-corrected chi connectivity index (χ3v) is 2.91. The van der Waals surface area contributed by atoms with Crippen LogP contribution >= 0.6 is 0 Å². The molecule has 1 aromatic rings. The average Bonchev–Trinajstić information content (AvgIpc) is 2.33. The van der Waals surface area contributed by atoms with Crippen LogP contribution in [0.5, 0.6) is 11.5 Å². The van der Waals surface area contributed by atoms with Gasteiger partial charge in [-0.15, -0.1) is 0 Å². The zero-order chi connectivity index (χ0) is 13.5. The molecule has 18 heavy (non-hydrogen) atoms. The lowest BCUT2D eigenvalue weighted by Gasteiger charge is -2.12. The maximum atomic E-state index is 11.6. The minimum absolute atomic E-state index is 0.0122. The van der Waals surface area contributed by atoms with E-state index in [1.807, 2.05) is 6.92 Å². The van der Waals surface area contributed by atoms with E-state index in [1.54, 1.807) is 6.07 Å². The summed E-state index contributed by atoms with van der Waals surface area (Å²) in [5.41, 5.74) is 0.843. The van der Waals surface area contributed by atoms with E-state index >= 15 is 0 Å². The first-order valence-corrected chi connectivity index (χ1v) is 6.33. The number of hydrogen-bond acceptors (Lipinski definition) is 3. The second-order valence-electron chi connectivity index (χ2n) is 4.56. The van der Waals surface area contributed by atoms with Crippen molar-refractivity contribution in [2.24, 2.45) is 0 Å². The van der Waals surface area contributed by atoms with Crippen molar-refractivity contribution in [3.63, 3.8) is 0 Å². The minimum Gasteiger partial charge on any atom is -0.504 e. The highest BCUT2D eigenvalue weighted by atomic mass is 16.3. The first kappa shape index (κ1) is 14.4. The van der Waals surface area contributed by atoms with Crippen molar-refractivity contribution in [2.45, 2.75) is 39.0 Å². The molecule has 0 aliphatic rings. The standard InChI is InChI=1S/C14H21NO3/c1-3-4-7-15-14(18)8-10(2)11-5-6-12(16)13(17)9-11/h5-6,9-10,16-17H,3-4,7-8H2,1-2H3,(H,15,18). The highest BCUT2D eigenvalue weighted by Crippen LogP contribution is 2.29. The van der Waals surface area contributed by atoms with E-state index in [1.165, 1.54) is 12.1 Å². The van der Waals surface area contributed by atoms with Crippen LogP contribution in [-0.4, -0.2) is 22.7 Å². The predicted octanol–water partition coefficient (Wildman–Crippen LogP) is 2.51. The second kappa shape index (κ2) is 6.89. The van der Waals surface area contributed by atoms with Crippen LogP contribution < -0.4 is 5.32 Å². The SMILES string of the molecule is CCCCNC(=O)CC(C)c1ccc(O)c(O)c1. The molecular weight excluding hydrogens is 230 g/mol. The molecule has 0 radical (unpaired) electrons. The van der Waals surface area contributed by atoms with Crippen molar-refractivity contribution >= 4 is 5.91 Å². The number of unbranched alkanes of at least 4 members (excludes halogenated alkanes) is 1. The number of phenolic OH excluding ortho intramolecular Hbond substituents is 2. The molecule has 1 unspecified atom stereocenters. The third kappa shape index (κ3) is 4.28. The number of amides is 1. The fourth-order valence-electron chi connectivity index (χ4n) is 1.72. The normalized spacial score (nSPS) is 12.1. The first-order valence-electron chi connectivity index (χ1n) is 6.33. The zero-order valence-corrected chi connectivity index (χ0v) is 10.9. The Bertz CT molecular complexity index is 404. The Morgan fingerprint density at radius 1 is 1.33 bits per heavy atom. The maximum absolute atomic E-state index is 11.6. The lowest BCUT2D eigenvalue weighted by molar-refractivity contribution is -0.121. The summed E-state index contributed by atoms with van der Waals surface area (Å²) in [6.45, 7) is 4.71. The monoisotopic (exact) mass is 251 g/mol. The summed E-state index contributed by atoms with van der Waals surface area (Å²) in [6.07, 6.45) is 2.43. The van der Waals surface area contributed by atoms with Gasteiger partial charge in [0, 0.05) is 13.0 Å².